The highest BCUT2D eigenvalue weighted by Crippen LogP contribution is 2.21. The van der Waals surface area contributed by atoms with Gasteiger partial charge in [0.15, 0.2) is 10.9 Å². The summed E-state index contributed by atoms with van der Waals surface area (Å²) in [5.74, 6) is 0.232. The maximum atomic E-state index is 12.6. The Kier molecular flexibility index (Phi) is 5.08. The number of para-hydroxylation sites is 1. The van der Waals surface area contributed by atoms with Gasteiger partial charge >= 0.3 is 0 Å². The summed E-state index contributed by atoms with van der Waals surface area (Å²) in [4.78, 5) is 29.6. The Morgan fingerprint density at radius 3 is 2.29 bits per heavy atom. The zero-order valence-corrected chi connectivity index (χ0v) is 16.1. The first kappa shape index (κ1) is 18.2. The molecule has 28 heavy (non-hydrogen) atoms. The van der Waals surface area contributed by atoms with Gasteiger partial charge in [-0.05, 0) is 23.3 Å². The van der Waals surface area contributed by atoms with Crippen molar-refractivity contribution in [2.24, 2.45) is 7.05 Å². The fourth-order valence-corrected chi connectivity index (χ4v) is 3.89. The molecule has 0 spiro atoms. The number of thioether (sulfide) groups is 1. The number of aromatic nitrogens is 2. The van der Waals surface area contributed by atoms with Crippen molar-refractivity contribution in [2.75, 3.05) is 5.75 Å². The van der Waals surface area contributed by atoms with Crippen LogP contribution < -0.4 is 5.56 Å². The SMILES string of the molecule is Cn1c(SCC(=O)c2ccc(-c3ccccc3)cc2)nc2ccccc2c1=O. The summed E-state index contributed by atoms with van der Waals surface area (Å²) in [5, 5.41) is 1.12. The van der Waals surface area contributed by atoms with Crippen LogP contribution in [0.25, 0.3) is 22.0 Å². The van der Waals surface area contributed by atoms with E-state index in [1.807, 2.05) is 72.8 Å². The van der Waals surface area contributed by atoms with Gasteiger partial charge in [0.1, 0.15) is 0 Å². The first-order chi connectivity index (χ1) is 13.6. The van der Waals surface area contributed by atoms with Crippen molar-refractivity contribution >= 4 is 28.4 Å². The van der Waals surface area contributed by atoms with Crippen molar-refractivity contribution in [3.05, 3.63) is 94.8 Å². The van der Waals surface area contributed by atoms with Crippen LogP contribution in [0.2, 0.25) is 0 Å². The maximum Gasteiger partial charge on any atom is 0.261 e. The van der Waals surface area contributed by atoms with Crippen LogP contribution in [0, 0.1) is 0 Å². The van der Waals surface area contributed by atoms with E-state index in [1.54, 1.807) is 13.1 Å². The molecule has 0 aliphatic carbocycles. The van der Waals surface area contributed by atoms with E-state index < -0.39 is 0 Å². The molecule has 138 valence electrons. The van der Waals surface area contributed by atoms with Gasteiger partial charge in [0.25, 0.3) is 5.56 Å². The summed E-state index contributed by atoms with van der Waals surface area (Å²) < 4.78 is 1.50. The Morgan fingerprint density at radius 2 is 1.54 bits per heavy atom. The first-order valence-corrected chi connectivity index (χ1v) is 9.89. The maximum absolute atomic E-state index is 12.6. The second-order valence-electron chi connectivity index (χ2n) is 6.43. The number of Topliss-reactive ketones (excluding diaryl/α,β-unsaturated/α-hetero) is 1. The lowest BCUT2D eigenvalue weighted by molar-refractivity contribution is 0.102. The van der Waals surface area contributed by atoms with Crippen LogP contribution in [0.4, 0.5) is 0 Å². The first-order valence-electron chi connectivity index (χ1n) is 8.91. The van der Waals surface area contributed by atoms with Crippen LogP contribution in [-0.4, -0.2) is 21.1 Å². The molecule has 0 atom stereocenters. The van der Waals surface area contributed by atoms with Crippen LogP contribution >= 0.6 is 11.8 Å². The third kappa shape index (κ3) is 3.62. The number of carbonyl (C=O) groups is 1. The molecule has 3 aromatic carbocycles. The summed E-state index contributed by atoms with van der Waals surface area (Å²) in [6.45, 7) is 0. The number of rotatable bonds is 5. The topological polar surface area (TPSA) is 52.0 Å². The molecular weight excluding hydrogens is 368 g/mol. The summed E-state index contributed by atoms with van der Waals surface area (Å²) in [5.41, 5.74) is 3.38. The number of fused-ring (bicyclic) bond motifs is 1. The van der Waals surface area contributed by atoms with E-state index in [1.165, 1.54) is 16.3 Å². The van der Waals surface area contributed by atoms with E-state index in [4.69, 9.17) is 0 Å². The van der Waals surface area contributed by atoms with Gasteiger partial charge in [0, 0.05) is 12.6 Å². The minimum absolute atomic E-state index is 0.00650. The average molecular weight is 386 g/mol. The molecule has 0 radical (unpaired) electrons. The predicted octanol–water partition coefficient (Wildman–Crippen LogP) is 4.58. The smallest absolute Gasteiger partial charge is 0.261 e. The van der Waals surface area contributed by atoms with Crippen LogP contribution in [0.3, 0.4) is 0 Å². The fourth-order valence-electron chi connectivity index (χ4n) is 3.02. The Bertz CT molecular complexity index is 1200. The third-order valence-electron chi connectivity index (χ3n) is 4.59. The highest BCUT2D eigenvalue weighted by atomic mass is 32.2. The van der Waals surface area contributed by atoms with E-state index in [0.717, 1.165) is 11.1 Å². The van der Waals surface area contributed by atoms with E-state index in [-0.39, 0.29) is 17.1 Å². The monoisotopic (exact) mass is 386 g/mol. The van der Waals surface area contributed by atoms with Gasteiger partial charge in [0.05, 0.1) is 16.7 Å². The van der Waals surface area contributed by atoms with Crippen molar-refractivity contribution in [2.45, 2.75) is 5.16 Å². The molecule has 4 aromatic rings. The van der Waals surface area contributed by atoms with Crippen LogP contribution in [0.15, 0.2) is 88.8 Å². The molecule has 0 saturated heterocycles. The van der Waals surface area contributed by atoms with Crippen LogP contribution in [0.1, 0.15) is 10.4 Å². The third-order valence-corrected chi connectivity index (χ3v) is 5.62. The largest absolute Gasteiger partial charge is 0.293 e. The van der Waals surface area contributed by atoms with Gasteiger partial charge in [0.2, 0.25) is 0 Å². The number of carbonyl (C=O) groups excluding carboxylic acids is 1. The average Bonchev–Trinajstić information content (AvgIpc) is 2.76. The van der Waals surface area contributed by atoms with E-state index in [0.29, 0.717) is 21.6 Å². The number of hydrogen-bond donors (Lipinski definition) is 0. The second kappa shape index (κ2) is 7.82. The lowest BCUT2D eigenvalue weighted by atomic mass is 10.0. The molecule has 0 N–H and O–H groups in total. The summed E-state index contributed by atoms with van der Waals surface area (Å²) >= 11 is 1.28. The number of hydrogen-bond acceptors (Lipinski definition) is 4. The Labute approximate surface area is 166 Å². The minimum Gasteiger partial charge on any atom is -0.293 e. The van der Waals surface area contributed by atoms with Gasteiger partial charge < -0.3 is 0 Å². The number of ketones is 1. The highest BCUT2D eigenvalue weighted by molar-refractivity contribution is 7.99. The van der Waals surface area contributed by atoms with E-state index in [9.17, 15) is 9.59 Å². The van der Waals surface area contributed by atoms with Crippen LogP contribution in [0.5, 0.6) is 0 Å². The summed E-state index contributed by atoms with van der Waals surface area (Å²) in [6.07, 6.45) is 0. The molecule has 0 aliphatic heterocycles. The van der Waals surface area contributed by atoms with Crippen molar-refractivity contribution in [1.82, 2.24) is 9.55 Å². The summed E-state index contributed by atoms with van der Waals surface area (Å²) in [7, 11) is 1.68. The van der Waals surface area contributed by atoms with Crippen molar-refractivity contribution < 1.29 is 4.79 Å². The molecule has 1 heterocycles. The lowest BCUT2D eigenvalue weighted by Gasteiger charge is -2.08. The molecule has 4 nitrogen and oxygen atoms in total. The fraction of sp³-hybridized carbons (Fsp3) is 0.0870. The predicted molar refractivity (Wildman–Crippen MR) is 114 cm³/mol. The molecule has 0 bridgehead atoms. The van der Waals surface area contributed by atoms with Gasteiger partial charge in [-0.2, -0.15) is 0 Å². The zero-order chi connectivity index (χ0) is 19.5. The Morgan fingerprint density at radius 1 is 0.893 bits per heavy atom. The van der Waals surface area contributed by atoms with Gasteiger partial charge in [-0.15, -0.1) is 0 Å². The quantitative estimate of drug-likeness (QED) is 0.286. The second-order valence-corrected chi connectivity index (χ2v) is 7.37. The van der Waals surface area contributed by atoms with Crippen molar-refractivity contribution in [3.8, 4) is 11.1 Å². The highest BCUT2D eigenvalue weighted by Gasteiger charge is 2.12. The van der Waals surface area contributed by atoms with E-state index >= 15 is 0 Å². The van der Waals surface area contributed by atoms with Crippen molar-refractivity contribution in [3.63, 3.8) is 0 Å². The minimum atomic E-state index is -0.104. The molecule has 0 aliphatic rings. The van der Waals surface area contributed by atoms with Gasteiger partial charge in [-0.1, -0.05) is 78.5 Å². The zero-order valence-electron chi connectivity index (χ0n) is 15.3. The molecule has 0 amide bonds. The normalized spacial score (nSPS) is 10.9. The lowest BCUT2D eigenvalue weighted by Crippen LogP contribution is -2.20. The standard InChI is InChI=1S/C23H18N2O2S/c1-25-22(27)19-9-5-6-10-20(19)24-23(25)28-15-21(26)18-13-11-17(12-14-18)16-7-3-2-4-8-16/h2-14H,15H2,1H3. The summed E-state index contributed by atoms with van der Waals surface area (Å²) in [6, 6.07) is 24.9. The molecule has 0 saturated carbocycles. The molecule has 4 rings (SSSR count). The van der Waals surface area contributed by atoms with Gasteiger partial charge in [-0.25, -0.2) is 4.98 Å². The molecule has 0 fully saturated rings. The number of benzene rings is 3. The Balaban J connectivity index is 1.51. The number of nitrogens with zero attached hydrogens (tertiary/aromatic N) is 2. The molecular formula is C23H18N2O2S. The molecule has 0 unspecified atom stereocenters. The van der Waals surface area contributed by atoms with Crippen molar-refractivity contribution in [1.29, 1.82) is 0 Å². The van der Waals surface area contributed by atoms with Gasteiger partial charge in [-0.3, -0.25) is 14.2 Å². The Hall–Kier alpha value is -3.18. The van der Waals surface area contributed by atoms with Crippen LogP contribution in [-0.2, 0) is 7.05 Å². The molecule has 5 heteroatoms. The van der Waals surface area contributed by atoms with E-state index in [2.05, 4.69) is 4.98 Å². The molecule has 1 aromatic heterocycles.